The van der Waals surface area contributed by atoms with Gasteiger partial charge in [0.15, 0.2) is 0 Å². The van der Waals surface area contributed by atoms with Gasteiger partial charge in [0.2, 0.25) is 23.6 Å². The predicted molar refractivity (Wildman–Crippen MR) is 137 cm³/mol. The molecule has 4 amide bonds. The molecule has 1 aliphatic rings. The molecule has 2 aromatic rings. The van der Waals surface area contributed by atoms with Gasteiger partial charge in [-0.25, -0.2) is 9.78 Å². The molecule has 9 N–H and O–H groups in total. The van der Waals surface area contributed by atoms with Gasteiger partial charge >= 0.3 is 5.97 Å². The summed E-state index contributed by atoms with van der Waals surface area (Å²) < 4.78 is 0. The van der Waals surface area contributed by atoms with Crippen LogP contribution in [0.3, 0.4) is 0 Å². The summed E-state index contributed by atoms with van der Waals surface area (Å²) in [5.74, 6) is -3.67. The van der Waals surface area contributed by atoms with Crippen LogP contribution in [-0.4, -0.2) is 85.4 Å². The van der Waals surface area contributed by atoms with Crippen LogP contribution in [0.4, 0.5) is 0 Å². The van der Waals surface area contributed by atoms with Gasteiger partial charge < -0.3 is 42.2 Å². The molecular weight excluding hydrogens is 510 g/mol. The molecule has 0 spiro atoms. The van der Waals surface area contributed by atoms with Crippen LogP contribution in [0.5, 0.6) is 5.75 Å². The number of likely N-dealkylation sites (tertiary alicyclic amines) is 1. The molecule has 2 heterocycles. The van der Waals surface area contributed by atoms with Crippen molar-refractivity contribution in [2.24, 2.45) is 11.5 Å². The molecule has 1 aliphatic heterocycles. The maximum atomic E-state index is 13.3. The number of aromatic hydroxyl groups is 1. The van der Waals surface area contributed by atoms with Gasteiger partial charge in [0.05, 0.1) is 12.4 Å². The van der Waals surface area contributed by atoms with Gasteiger partial charge in [-0.2, -0.15) is 0 Å². The number of hydrogen-bond acceptors (Lipinski definition) is 8. The minimum Gasteiger partial charge on any atom is -0.508 e. The Labute approximate surface area is 224 Å². The lowest BCUT2D eigenvalue weighted by Crippen LogP contribution is -2.57. The van der Waals surface area contributed by atoms with Crippen molar-refractivity contribution >= 4 is 29.6 Å². The monoisotopic (exact) mass is 543 g/mol. The number of imidazole rings is 1. The number of phenols is 1. The number of rotatable bonds is 13. The van der Waals surface area contributed by atoms with Crippen molar-refractivity contribution in [3.05, 3.63) is 48.0 Å². The molecule has 0 bridgehead atoms. The van der Waals surface area contributed by atoms with Crippen LogP contribution in [0.2, 0.25) is 0 Å². The van der Waals surface area contributed by atoms with E-state index in [2.05, 4.69) is 20.6 Å². The Hall–Kier alpha value is -4.46. The fourth-order valence-corrected chi connectivity index (χ4v) is 4.37. The van der Waals surface area contributed by atoms with Crippen LogP contribution in [-0.2, 0) is 36.8 Å². The molecule has 1 saturated heterocycles. The van der Waals surface area contributed by atoms with Gasteiger partial charge in [-0.1, -0.05) is 12.1 Å². The molecule has 210 valence electrons. The summed E-state index contributed by atoms with van der Waals surface area (Å²) in [6.45, 7) is 0.284. The van der Waals surface area contributed by atoms with Crippen molar-refractivity contribution in [3.63, 3.8) is 0 Å². The Kier molecular flexibility index (Phi) is 9.98. The first-order valence-electron chi connectivity index (χ1n) is 12.5. The van der Waals surface area contributed by atoms with E-state index in [9.17, 15) is 34.2 Å². The van der Waals surface area contributed by atoms with Crippen molar-refractivity contribution in [1.82, 2.24) is 25.5 Å². The number of aliphatic carboxylic acids is 1. The lowest BCUT2D eigenvalue weighted by Gasteiger charge is -2.28. The summed E-state index contributed by atoms with van der Waals surface area (Å²) in [6, 6.07) is 1.52. The molecule has 1 fully saturated rings. The number of aromatic amines is 1. The number of nitrogens with zero attached hydrogens (tertiary/aromatic N) is 2. The van der Waals surface area contributed by atoms with Gasteiger partial charge in [0.1, 0.15) is 23.9 Å². The number of phenolic OH excluding ortho intramolecular Hbond substituents is 1. The quantitative estimate of drug-likeness (QED) is 0.156. The van der Waals surface area contributed by atoms with E-state index in [4.69, 9.17) is 11.5 Å². The average molecular weight is 544 g/mol. The van der Waals surface area contributed by atoms with Crippen molar-refractivity contribution in [1.29, 1.82) is 0 Å². The average Bonchev–Trinajstić information content (AvgIpc) is 3.59. The molecule has 4 atom stereocenters. The van der Waals surface area contributed by atoms with Gasteiger partial charge in [0, 0.05) is 37.7 Å². The third-order valence-electron chi connectivity index (χ3n) is 6.46. The second-order valence-corrected chi connectivity index (χ2v) is 9.41. The second kappa shape index (κ2) is 13.4. The number of carboxylic acids is 1. The Morgan fingerprint density at radius 2 is 1.82 bits per heavy atom. The van der Waals surface area contributed by atoms with E-state index < -0.39 is 53.8 Å². The first-order chi connectivity index (χ1) is 18.5. The van der Waals surface area contributed by atoms with Gasteiger partial charge in [0.25, 0.3) is 0 Å². The number of carbonyl (C=O) groups is 5. The molecule has 39 heavy (non-hydrogen) atoms. The minimum absolute atomic E-state index is 0.0120. The van der Waals surface area contributed by atoms with Crippen molar-refractivity contribution < 1.29 is 34.2 Å². The van der Waals surface area contributed by atoms with Crippen LogP contribution < -0.4 is 22.1 Å². The number of amides is 4. The zero-order valence-electron chi connectivity index (χ0n) is 21.2. The van der Waals surface area contributed by atoms with Crippen molar-refractivity contribution in [2.75, 3.05) is 6.54 Å². The molecule has 14 heteroatoms. The van der Waals surface area contributed by atoms with E-state index >= 15 is 0 Å². The topological polar surface area (TPSA) is 234 Å². The Balaban J connectivity index is 1.72. The number of aromatic nitrogens is 2. The third kappa shape index (κ3) is 8.26. The van der Waals surface area contributed by atoms with Crippen LogP contribution >= 0.6 is 0 Å². The number of benzene rings is 1. The van der Waals surface area contributed by atoms with Crippen LogP contribution in [0.25, 0.3) is 0 Å². The largest absolute Gasteiger partial charge is 0.508 e. The van der Waals surface area contributed by atoms with Crippen molar-refractivity contribution in [2.45, 2.75) is 62.7 Å². The number of carboxylic acid groups (broad SMARTS) is 1. The molecular formula is C25H33N7O7. The van der Waals surface area contributed by atoms with E-state index in [0.29, 0.717) is 24.1 Å². The zero-order chi connectivity index (χ0) is 28.5. The SMILES string of the molecule is NC(=O)CCC(N)C(=O)N1CCCC1C(=O)NC(Cc1cnc[nH]1)C(=O)NC(Cc1ccc(O)cc1)C(=O)O. The van der Waals surface area contributed by atoms with Gasteiger partial charge in [-0.15, -0.1) is 0 Å². The maximum absolute atomic E-state index is 13.3. The zero-order valence-corrected chi connectivity index (χ0v) is 21.2. The normalized spacial score (nSPS) is 17.2. The highest BCUT2D eigenvalue weighted by molar-refractivity contribution is 5.94. The summed E-state index contributed by atoms with van der Waals surface area (Å²) >= 11 is 0. The lowest BCUT2D eigenvalue weighted by atomic mass is 10.0. The maximum Gasteiger partial charge on any atom is 0.326 e. The number of H-pyrrole nitrogens is 1. The van der Waals surface area contributed by atoms with E-state index in [1.54, 1.807) is 12.1 Å². The molecule has 1 aromatic heterocycles. The fraction of sp³-hybridized carbons (Fsp3) is 0.440. The standard InChI is InChI=1S/C25H33N7O7/c26-17(7-8-21(27)34)24(37)32-9-1-2-20(32)23(36)30-18(11-15-12-28-13-29-15)22(35)31-19(25(38)39)10-14-3-5-16(33)6-4-14/h3-6,12-13,17-20,33H,1-2,7-11,26H2,(H2,27,34)(H,28,29)(H,30,36)(H,31,35)(H,38,39). The van der Waals surface area contributed by atoms with Gasteiger partial charge in [-0.05, 0) is 37.0 Å². The molecule has 0 aliphatic carbocycles. The van der Waals surface area contributed by atoms with E-state index in [1.807, 2.05) is 0 Å². The summed E-state index contributed by atoms with van der Waals surface area (Å²) in [4.78, 5) is 70.4. The molecule has 1 aromatic carbocycles. The number of carbonyl (C=O) groups excluding carboxylic acids is 4. The molecule has 3 rings (SSSR count). The van der Waals surface area contributed by atoms with E-state index in [-0.39, 0.29) is 38.0 Å². The highest BCUT2D eigenvalue weighted by Crippen LogP contribution is 2.20. The first kappa shape index (κ1) is 29.1. The first-order valence-corrected chi connectivity index (χ1v) is 12.5. The molecule has 0 saturated carbocycles. The van der Waals surface area contributed by atoms with Crippen LogP contribution in [0, 0.1) is 0 Å². The Morgan fingerprint density at radius 1 is 1.10 bits per heavy atom. The fourth-order valence-electron chi connectivity index (χ4n) is 4.37. The number of hydrogen-bond donors (Lipinski definition) is 7. The number of nitrogens with one attached hydrogen (secondary N) is 3. The van der Waals surface area contributed by atoms with E-state index in [0.717, 1.165) is 0 Å². The predicted octanol–water partition coefficient (Wildman–Crippen LogP) is -1.46. The number of primary amides is 1. The Bertz CT molecular complexity index is 1170. The third-order valence-corrected chi connectivity index (χ3v) is 6.46. The lowest BCUT2D eigenvalue weighted by molar-refractivity contribution is -0.143. The Morgan fingerprint density at radius 3 is 2.44 bits per heavy atom. The summed E-state index contributed by atoms with van der Waals surface area (Å²) in [6.07, 6.45) is 3.67. The second-order valence-electron chi connectivity index (χ2n) is 9.41. The summed E-state index contributed by atoms with van der Waals surface area (Å²) in [7, 11) is 0. The van der Waals surface area contributed by atoms with Gasteiger partial charge in [-0.3, -0.25) is 19.2 Å². The highest BCUT2D eigenvalue weighted by Gasteiger charge is 2.38. The smallest absolute Gasteiger partial charge is 0.326 e. The summed E-state index contributed by atoms with van der Waals surface area (Å²) in [5.41, 5.74) is 12.2. The molecule has 4 unspecified atom stereocenters. The number of nitrogens with two attached hydrogens (primary N) is 2. The van der Waals surface area contributed by atoms with E-state index in [1.165, 1.54) is 29.6 Å². The van der Waals surface area contributed by atoms with Crippen LogP contribution in [0.15, 0.2) is 36.8 Å². The highest BCUT2D eigenvalue weighted by atomic mass is 16.4. The van der Waals surface area contributed by atoms with Crippen molar-refractivity contribution in [3.8, 4) is 5.75 Å². The molecule has 0 radical (unpaired) electrons. The minimum atomic E-state index is -1.31. The molecule has 14 nitrogen and oxygen atoms in total. The summed E-state index contributed by atoms with van der Waals surface area (Å²) in [5, 5.41) is 24.3. The van der Waals surface area contributed by atoms with Crippen LogP contribution in [0.1, 0.15) is 36.9 Å².